The highest BCUT2D eigenvalue weighted by Crippen LogP contribution is 2.31. The van der Waals surface area contributed by atoms with Crippen LogP contribution in [0.5, 0.6) is 0 Å². The van der Waals surface area contributed by atoms with E-state index < -0.39 is 10.0 Å². The van der Waals surface area contributed by atoms with E-state index in [-0.39, 0.29) is 16.6 Å². The van der Waals surface area contributed by atoms with E-state index in [0.717, 1.165) is 35.3 Å². The molecule has 1 aliphatic rings. The summed E-state index contributed by atoms with van der Waals surface area (Å²) >= 11 is 1.26. The lowest BCUT2D eigenvalue weighted by atomic mass is 10.0. The lowest BCUT2D eigenvalue weighted by Crippen LogP contribution is -2.37. The Morgan fingerprint density at radius 2 is 2.03 bits per heavy atom. The maximum absolute atomic E-state index is 13.0. The van der Waals surface area contributed by atoms with Gasteiger partial charge in [0.15, 0.2) is 0 Å². The zero-order chi connectivity index (χ0) is 22.1. The van der Waals surface area contributed by atoms with Crippen LogP contribution >= 0.6 is 11.8 Å². The van der Waals surface area contributed by atoms with Crippen molar-refractivity contribution in [1.29, 1.82) is 5.26 Å². The Hall–Kier alpha value is -2.41. The number of aromatic nitrogens is 1. The average Bonchev–Trinajstić information content (AvgIpc) is 2.70. The molecule has 0 unspecified atom stereocenters. The largest absolute Gasteiger partial charge is 0.311 e. The first-order valence-electron chi connectivity index (χ1n) is 9.52. The van der Waals surface area contributed by atoms with Gasteiger partial charge in [-0.15, -0.1) is 0 Å². The molecule has 30 heavy (non-hydrogen) atoms. The Kier molecular flexibility index (Phi) is 6.50. The molecule has 2 aromatic rings. The highest BCUT2D eigenvalue weighted by Gasteiger charge is 2.26. The van der Waals surface area contributed by atoms with Crippen LogP contribution in [0.25, 0.3) is 0 Å². The summed E-state index contributed by atoms with van der Waals surface area (Å²) in [5.41, 5.74) is 3.75. The van der Waals surface area contributed by atoms with Crippen LogP contribution in [0.2, 0.25) is 0 Å². The minimum absolute atomic E-state index is 0.0889. The highest BCUT2D eigenvalue weighted by molar-refractivity contribution is 8.00. The van der Waals surface area contributed by atoms with Crippen molar-refractivity contribution in [3.05, 3.63) is 46.6 Å². The van der Waals surface area contributed by atoms with Crippen LogP contribution in [0, 0.1) is 25.2 Å². The minimum Gasteiger partial charge on any atom is -0.311 e. The van der Waals surface area contributed by atoms with Crippen molar-refractivity contribution < 1.29 is 13.2 Å². The zero-order valence-corrected chi connectivity index (χ0v) is 19.1. The molecule has 0 N–H and O–H groups in total. The molecular formula is C21H24N4O3S2. The second-order valence-corrected chi connectivity index (χ2v) is 10.5. The molecule has 0 aliphatic carbocycles. The SMILES string of the molecule is Cc1cc(C)c(C#N)c(SCC(=O)N2CCCc3cc(S(=O)(=O)N(C)C)ccc32)n1. The van der Waals surface area contributed by atoms with Gasteiger partial charge in [0.2, 0.25) is 15.9 Å². The quantitative estimate of drug-likeness (QED) is 0.658. The fourth-order valence-corrected chi connectivity index (χ4v) is 5.38. The smallest absolute Gasteiger partial charge is 0.242 e. The van der Waals surface area contributed by atoms with Gasteiger partial charge in [-0.3, -0.25) is 4.79 Å². The summed E-state index contributed by atoms with van der Waals surface area (Å²) in [6.07, 6.45) is 1.49. The molecule has 2 heterocycles. The van der Waals surface area contributed by atoms with Crippen LogP contribution < -0.4 is 4.90 Å². The third-order valence-corrected chi connectivity index (χ3v) is 7.78. The maximum atomic E-state index is 13.0. The number of aryl methyl sites for hydroxylation is 3. The van der Waals surface area contributed by atoms with Crippen molar-refractivity contribution in [2.24, 2.45) is 0 Å². The Balaban J connectivity index is 1.82. The van der Waals surface area contributed by atoms with Crippen LogP contribution in [0.4, 0.5) is 5.69 Å². The first kappa shape index (κ1) is 22.3. The zero-order valence-electron chi connectivity index (χ0n) is 17.5. The number of sulfonamides is 1. The van der Waals surface area contributed by atoms with Crippen LogP contribution in [0.1, 0.15) is 28.8 Å². The van der Waals surface area contributed by atoms with E-state index in [1.165, 1.54) is 30.2 Å². The Bertz CT molecular complexity index is 1140. The average molecular weight is 445 g/mol. The van der Waals surface area contributed by atoms with Gasteiger partial charge >= 0.3 is 0 Å². The molecule has 1 amide bonds. The van der Waals surface area contributed by atoms with E-state index >= 15 is 0 Å². The molecule has 0 saturated heterocycles. The Labute approximate surface area is 181 Å². The number of nitriles is 1. The van der Waals surface area contributed by atoms with Gasteiger partial charge in [0.25, 0.3) is 0 Å². The summed E-state index contributed by atoms with van der Waals surface area (Å²) in [5.74, 6) is 0.0657. The number of carbonyl (C=O) groups is 1. The molecule has 0 spiro atoms. The lowest BCUT2D eigenvalue weighted by molar-refractivity contribution is -0.116. The van der Waals surface area contributed by atoms with Gasteiger partial charge in [-0.25, -0.2) is 17.7 Å². The van der Waals surface area contributed by atoms with E-state index in [4.69, 9.17) is 0 Å². The second-order valence-electron chi connectivity index (χ2n) is 7.39. The first-order valence-corrected chi connectivity index (χ1v) is 11.9. The normalized spacial score (nSPS) is 13.8. The van der Waals surface area contributed by atoms with E-state index in [1.54, 1.807) is 23.1 Å². The van der Waals surface area contributed by atoms with Gasteiger partial charge in [0.05, 0.1) is 16.2 Å². The molecule has 0 radical (unpaired) electrons. The summed E-state index contributed by atoms with van der Waals surface area (Å²) in [5, 5.41) is 9.98. The number of hydrogen-bond acceptors (Lipinski definition) is 6. The molecule has 7 nitrogen and oxygen atoms in total. The molecule has 0 fully saturated rings. The number of pyridine rings is 1. The number of amides is 1. The first-order chi connectivity index (χ1) is 14.1. The van der Waals surface area contributed by atoms with Crippen LogP contribution in [0.15, 0.2) is 34.2 Å². The van der Waals surface area contributed by atoms with Gasteiger partial charge in [0, 0.05) is 32.0 Å². The van der Waals surface area contributed by atoms with Crippen molar-refractivity contribution in [3.63, 3.8) is 0 Å². The Morgan fingerprint density at radius 3 is 2.70 bits per heavy atom. The van der Waals surface area contributed by atoms with Crippen LogP contribution in [-0.2, 0) is 21.2 Å². The number of anilines is 1. The summed E-state index contributed by atoms with van der Waals surface area (Å²) in [4.78, 5) is 19.3. The van der Waals surface area contributed by atoms with Crippen molar-refractivity contribution in [1.82, 2.24) is 9.29 Å². The summed E-state index contributed by atoms with van der Waals surface area (Å²) in [6.45, 7) is 4.30. The van der Waals surface area contributed by atoms with Gasteiger partial charge < -0.3 is 4.90 Å². The molecule has 9 heteroatoms. The van der Waals surface area contributed by atoms with E-state index in [1.807, 2.05) is 19.9 Å². The highest BCUT2D eigenvalue weighted by atomic mass is 32.2. The van der Waals surface area contributed by atoms with Crippen molar-refractivity contribution >= 4 is 33.4 Å². The number of fused-ring (bicyclic) bond motifs is 1. The lowest BCUT2D eigenvalue weighted by Gasteiger charge is -2.30. The molecule has 0 bridgehead atoms. The summed E-state index contributed by atoms with van der Waals surface area (Å²) in [6, 6.07) is 8.94. The molecule has 0 saturated carbocycles. The molecule has 158 valence electrons. The minimum atomic E-state index is -3.52. The van der Waals surface area contributed by atoms with Gasteiger partial charge in [-0.05, 0) is 62.1 Å². The predicted octanol–water partition coefficient (Wildman–Crippen LogP) is 2.89. The predicted molar refractivity (Wildman–Crippen MR) is 117 cm³/mol. The topological polar surface area (TPSA) is 94.4 Å². The molecule has 0 atom stereocenters. The molecule has 1 aliphatic heterocycles. The fraction of sp³-hybridized carbons (Fsp3) is 0.381. The standard InChI is InChI=1S/C21H24N4O3S2/c1-14-10-15(2)23-21(18(14)12-22)29-13-20(26)25-9-5-6-16-11-17(7-8-19(16)25)30(27,28)24(3)4/h7-8,10-11H,5-6,9,13H2,1-4H3. The summed E-state index contributed by atoms with van der Waals surface area (Å²) in [7, 11) is -0.527. The van der Waals surface area contributed by atoms with Crippen LogP contribution in [0.3, 0.4) is 0 Å². The van der Waals surface area contributed by atoms with E-state index in [9.17, 15) is 18.5 Å². The second kappa shape index (κ2) is 8.76. The molecule has 1 aromatic carbocycles. The molecule has 3 rings (SSSR count). The maximum Gasteiger partial charge on any atom is 0.242 e. The number of thioether (sulfide) groups is 1. The Morgan fingerprint density at radius 1 is 1.30 bits per heavy atom. The number of benzene rings is 1. The monoisotopic (exact) mass is 444 g/mol. The number of nitrogens with zero attached hydrogens (tertiary/aromatic N) is 4. The van der Waals surface area contributed by atoms with Gasteiger partial charge in [-0.2, -0.15) is 5.26 Å². The van der Waals surface area contributed by atoms with Crippen molar-refractivity contribution in [2.45, 2.75) is 36.6 Å². The van der Waals surface area contributed by atoms with Crippen molar-refractivity contribution in [2.75, 3.05) is 31.3 Å². The fourth-order valence-electron chi connectivity index (χ4n) is 3.45. The number of carbonyl (C=O) groups excluding carboxylic acids is 1. The third-order valence-electron chi connectivity index (χ3n) is 5.00. The van der Waals surface area contributed by atoms with Crippen molar-refractivity contribution in [3.8, 4) is 6.07 Å². The molecular weight excluding hydrogens is 420 g/mol. The van der Waals surface area contributed by atoms with E-state index in [2.05, 4.69) is 11.1 Å². The number of hydrogen-bond donors (Lipinski definition) is 0. The van der Waals surface area contributed by atoms with Gasteiger partial charge in [-0.1, -0.05) is 11.8 Å². The van der Waals surface area contributed by atoms with Gasteiger partial charge in [0.1, 0.15) is 11.1 Å². The third kappa shape index (κ3) is 4.36. The number of rotatable bonds is 5. The van der Waals surface area contributed by atoms with E-state index in [0.29, 0.717) is 17.1 Å². The summed E-state index contributed by atoms with van der Waals surface area (Å²) < 4.78 is 26.0. The van der Waals surface area contributed by atoms with Crippen LogP contribution in [-0.4, -0.2) is 50.0 Å². The molecule has 1 aromatic heterocycles.